The lowest BCUT2D eigenvalue weighted by molar-refractivity contribution is -0.154. The molecular weight excluding hydrogens is 294 g/mol. The summed E-state index contributed by atoms with van der Waals surface area (Å²) in [5, 5.41) is 2.72. The van der Waals surface area contributed by atoms with E-state index in [1.165, 1.54) is 0 Å². The first kappa shape index (κ1) is 15.2. The van der Waals surface area contributed by atoms with Crippen molar-refractivity contribution in [3.8, 4) is 0 Å². The Morgan fingerprint density at radius 2 is 2.00 bits per heavy atom. The molecule has 1 aliphatic rings. The van der Waals surface area contributed by atoms with Gasteiger partial charge < -0.3 is 15.0 Å². The molecule has 1 aliphatic heterocycles. The molecule has 23 heavy (non-hydrogen) atoms. The van der Waals surface area contributed by atoms with E-state index in [9.17, 15) is 9.59 Å². The van der Waals surface area contributed by atoms with Gasteiger partial charge in [-0.25, -0.2) is 4.98 Å². The van der Waals surface area contributed by atoms with Crippen molar-refractivity contribution in [1.82, 2.24) is 9.88 Å². The van der Waals surface area contributed by atoms with E-state index in [0.717, 1.165) is 5.56 Å². The van der Waals surface area contributed by atoms with Crippen LogP contribution in [0, 0.1) is 0 Å². The molecule has 6 nitrogen and oxygen atoms in total. The van der Waals surface area contributed by atoms with Crippen molar-refractivity contribution in [2.45, 2.75) is 12.6 Å². The Morgan fingerprint density at radius 3 is 2.74 bits per heavy atom. The van der Waals surface area contributed by atoms with Crippen molar-refractivity contribution in [3.63, 3.8) is 0 Å². The lowest BCUT2D eigenvalue weighted by atomic mass is 10.1. The summed E-state index contributed by atoms with van der Waals surface area (Å²) < 4.78 is 5.25. The molecule has 1 aromatic heterocycles. The first-order chi connectivity index (χ1) is 11.2. The number of anilines is 1. The van der Waals surface area contributed by atoms with Crippen LogP contribution in [0.5, 0.6) is 0 Å². The zero-order valence-corrected chi connectivity index (χ0v) is 12.5. The van der Waals surface area contributed by atoms with Gasteiger partial charge in [0, 0.05) is 12.7 Å². The maximum atomic E-state index is 12.5. The van der Waals surface area contributed by atoms with Gasteiger partial charge in [0.1, 0.15) is 18.5 Å². The highest BCUT2D eigenvalue weighted by molar-refractivity contribution is 5.97. The van der Waals surface area contributed by atoms with Gasteiger partial charge in [-0.1, -0.05) is 36.4 Å². The van der Waals surface area contributed by atoms with Gasteiger partial charge in [0.15, 0.2) is 0 Å². The minimum atomic E-state index is -0.668. The molecule has 2 heterocycles. The molecule has 0 saturated carbocycles. The van der Waals surface area contributed by atoms with Gasteiger partial charge in [0.2, 0.25) is 5.91 Å². The minimum Gasteiger partial charge on any atom is -0.369 e. The zero-order chi connectivity index (χ0) is 16.1. The van der Waals surface area contributed by atoms with E-state index < -0.39 is 6.04 Å². The molecule has 0 radical (unpaired) electrons. The van der Waals surface area contributed by atoms with E-state index in [1.807, 2.05) is 30.3 Å². The van der Waals surface area contributed by atoms with Crippen LogP contribution in [0.2, 0.25) is 0 Å². The summed E-state index contributed by atoms with van der Waals surface area (Å²) >= 11 is 0. The van der Waals surface area contributed by atoms with E-state index >= 15 is 0 Å². The number of aromatic nitrogens is 1. The van der Waals surface area contributed by atoms with Gasteiger partial charge in [0.25, 0.3) is 5.91 Å². The van der Waals surface area contributed by atoms with Gasteiger partial charge in [-0.15, -0.1) is 0 Å². The zero-order valence-electron chi connectivity index (χ0n) is 12.5. The molecule has 0 bridgehead atoms. The molecule has 1 atom stereocenters. The van der Waals surface area contributed by atoms with Gasteiger partial charge >= 0.3 is 0 Å². The average Bonchev–Trinajstić information content (AvgIpc) is 2.58. The Labute approximate surface area is 134 Å². The number of nitrogens with zero attached hydrogens (tertiary/aromatic N) is 2. The summed E-state index contributed by atoms with van der Waals surface area (Å²) in [5.74, 6) is -0.0378. The van der Waals surface area contributed by atoms with Crippen LogP contribution in [0.4, 0.5) is 5.82 Å². The largest absolute Gasteiger partial charge is 0.369 e. The summed E-state index contributed by atoms with van der Waals surface area (Å²) in [6.07, 6.45) is 1.60. The number of rotatable bonds is 4. The van der Waals surface area contributed by atoms with Gasteiger partial charge in [-0.3, -0.25) is 9.59 Å². The number of carbonyl (C=O) groups excluding carboxylic acids is 2. The number of carbonyl (C=O) groups is 2. The molecule has 1 N–H and O–H groups in total. The summed E-state index contributed by atoms with van der Waals surface area (Å²) in [4.78, 5) is 30.3. The number of morpholine rings is 1. The Bertz CT molecular complexity index is 676. The van der Waals surface area contributed by atoms with E-state index in [4.69, 9.17) is 4.74 Å². The molecule has 118 valence electrons. The van der Waals surface area contributed by atoms with Crippen LogP contribution in [-0.2, 0) is 20.9 Å². The van der Waals surface area contributed by atoms with Crippen molar-refractivity contribution in [1.29, 1.82) is 0 Å². The monoisotopic (exact) mass is 311 g/mol. The molecule has 0 aliphatic carbocycles. The van der Waals surface area contributed by atoms with Crippen molar-refractivity contribution in [2.24, 2.45) is 0 Å². The maximum Gasteiger partial charge on any atom is 0.250 e. The van der Waals surface area contributed by atoms with Gasteiger partial charge in [0.05, 0.1) is 6.61 Å². The second-order valence-corrected chi connectivity index (χ2v) is 5.24. The number of pyridine rings is 1. The van der Waals surface area contributed by atoms with E-state index in [2.05, 4.69) is 10.3 Å². The third-order valence-electron chi connectivity index (χ3n) is 3.61. The number of nitrogens with one attached hydrogen (secondary N) is 1. The fourth-order valence-electron chi connectivity index (χ4n) is 2.45. The number of hydrogen-bond donors (Lipinski definition) is 1. The normalized spacial score (nSPS) is 17.8. The lowest BCUT2D eigenvalue weighted by Crippen LogP contribution is -2.54. The van der Waals surface area contributed by atoms with Gasteiger partial charge in [-0.2, -0.15) is 0 Å². The molecule has 1 aromatic carbocycles. The maximum absolute atomic E-state index is 12.5. The average molecular weight is 311 g/mol. The van der Waals surface area contributed by atoms with Crippen LogP contribution >= 0.6 is 0 Å². The fourth-order valence-corrected chi connectivity index (χ4v) is 2.45. The predicted octanol–water partition coefficient (Wildman–Crippen LogP) is 1.45. The highest BCUT2D eigenvalue weighted by Gasteiger charge is 2.34. The molecular formula is C17H17N3O3. The molecule has 2 amide bonds. The van der Waals surface area contributed by atoms with Crippen molar-refractivity contribution in [3.05, 3.63) is 60.3 Å². The second kappa shape index (κ2) is 7.02. The quantitative estimate of drug-likeness (QED) is 0.927. The van der Waals surface area contributed by atoms with Crippen molar-refractivity contribution < 1.29 is 14.3 Å². The number of hydrogen-bond acceptors (Lipinski definition) is 4. The highest BCUT2D eigenvalue weighted by Crippen LogP contribution is 2.15. The third-order valence-corrected chi connectivity index (χ3v) is 3.61. The van der Waals surface area contributed by atoms with Crippen molar-refractivity contribution >= 4 is 17.6 Å². The topological polar surface area (TPSA) is 71.5 Å². The van der Waals surface area contributed by atoms with Crippen LogP contribution in [0.15, 0.2) is 54.7 Å². The Morgan fingerprint density at radius 1 is 1.22 bits per heavy atom. The lowest BCUT2D eigenvalue weighted by Gasteiger charge is -2.34. The Kier molecular flexibility index (Phi) is 4.63. The second-order valence-electron chi connectivity index (χ2n) is 5.24. The minimum absolute atomic E-state index is 0.000199. The van der Waals surface area contributed by atoms with Crippen molar-refractivity contribution in [2.75, 3.05) is 18.5 Å². The van der Waals surface area contributed by atoms with Gasteiger partial charge in [-0.05, 0) is 17.7 Å². The Balaban J connectivity index is 1.75. The summed E-state index contributed by atoms with van der Waals surface area (Å²) in [5.41, 5.74) is 0.971. The Hall–Kier alpha value is -2.73. The van der Waals surface area contributed by atoms with E-state index in [-0.39, 0.29) is 25.0 Å². The first-order valence-electron chi connectivity index (χ1n) is 7.37. The molecule has 1 saturated heterocycles. The smallest absolute Gasteiger partial charge is 0.250 e. The van der Waals surface area contributed by atoms with Crippen LogP contribution in [0.3, 0.4) is 0 Å². The van der Waals surface area contributed by atoms with Crippen LogP contribution in [0.1, 0.15) is 5.56 Å². The highest BCUT2D eigenvalue weighted by atomic mass is 16.5. The summed E-state index contributed by atoms with van der Waals surface area (Å²) in [7, 11) is 0. The van der Waals surface area contributed by atoms with Crippen LogP contribution < -0.4 is 5.32 Å². The number of ether oxygens (including phenoxy) is 1. The molecule has 3 rings (SSSR count). The molecule has 0 spiro atoms. The van der Waals surface area contributed by atoms with E-state index in [1.54, 1.807) is 29.3 Å². The number of amides is 2. The van der Waals surface area contributed by atoms with Crippen LogP contribution in [-0.4, -0.2) is 41.0 Å². The molecule has 0 unspecified atom stereocenters. The third kappa shape index (κ3) is 3.73. The summed E-state index contributed by atoms with van der Waals surface area (Å²) in [6.45, 7) is 0.556. The molecule has 6 heteroatoms. The van der Waals surface area contributed by atoms with E-state index in [0.29, 0.717) is 12.4 Å². The number of benzene rings is 1. The standard InChI is InChI=1S/C17H17N3O3/c21-16-12-23-11-14(17(22)19-15-8-4-5-9-18-15)20(16)10-13-6-2-1-3-7-13/h1-9,14H,10-12H2,(H,18,19,22)/t14-/m1/s1. The SMILES string of the molecule is O=C(Nc1ccccn1)[C@H]1COCC(=O)N1Cc1ccccc1. The predicted molar refractivity (Wildman–Crippen MR) is 84.5 cm³/mol. The fraction of sp³-hybridized carbons (Fsp3) is 0.235. The summed E-state index contributed by atoms with van der Waals surface area (Å²) in [6, 6.07) is 14.2. The molecule has 2 aromatic rings. The molecule has 1 fully saturated rings. The first-order valence-corrected chi connectivity index (χ1v) is 7.37. The van der Waals surface area contributed by atoms with Crippen LogP contribution in [0.25, 0.3) is 0 Å².